The van der Waals surface area contributed by atoms with Gasteiger partial charge in [-0.3, -0.25) is 0 Å². The molecule has 1 heterocycles. The molecule has 2 aromatic rings. The van der Waals surface area contributed by atoms with Gasteiger partial charge in [-0.1, -0.05) is 23.9 Å². The van der Waals surface area contributed by atoms with Crippen molar-refractivity contribution in [3.63, 3.8) is 0 Å². The van der Waals surface area contributed by atoms with Crippen LogP contribution in [0.5, 0.6) is 0 Å². The monoisotopic (exact) mass is 340 g/mol. The van der Waals surface area contributed by atoms with Gasteiger partial charge in [-0.15, -0.1) is 0 Å². The highest BCUT2D eigenvalue weighted by molar-refractivity contribution is 7.99. The molecular weight excluding hydrogens is 320 g/mol. The Morgan fingerprint density at radius 3 is 1.83 bits per heavy atom. The number of rotatable bonds is 6. The molecule has 1 aliphatic heterocycles. The molecule has 0 atom stereocenters. The quantitative estimate of drug-likeness (QED) is 0.461. The molecule has 0 unspecified atom stereocenters. The molecule has 0 fully saturated rings. The van der Waals surface area contributed by atoms with E-state index in [4.69, 9.17) is 9.47 Å². The summed E-state index contributed by atoms with van der Waals surface area (Å²) in [4.78, 5) is 11.1. The summed E-state index contributed by atoms with van der Waals surface area (Å²) >= 11 is 1.76. The summed E-state index contributed by atoms with van der Waals surface area (Å²) in [5.41, 5.74) is 4.47. The van der Waals surface area contributed by atoms with Crippen molar-refractivity contribution >= 4 is 35.9 Å². The maximum atomic E-state index is 5.17. The van der Waals surface area contributed by atoms with Crippen LogP contribution in [0.2, 0.25) is 0 Å². The summed E-state index contributed by atoms with van der Waals surface area (Å²) in [5, 5.41) is 0. The topological polar surface area (TPSA) is 43.2 Å². The Morgan fingerprint density at radius 2 is 1.38 bits per heavy atom. The van der Waals surface area contributed by atoms with Crippen LogP contribution in [-0.4, -0.2) is 26.0 Å². The number of aliphatic imine (C=N–C) groups is 2. The second-order valence-electron chi connectivity index (χ2n) is 5.24. The molecule has 0 radical (unpaired) electrons. The van der Waals surface area contributed by atoms with Gasteiger partial charge in [0.2, 0.25) is 0 Å². The van der Waals surface area contributed by atoms with E-state index in [1.54, 1.807) is 11.8 Å². The average molecular weight is 340 g/mol. The lowest BCUT2D eigenvalue weighted by atomic mass is 10.0. The molecule has 4 nitrogen and oxygen atoms in total. The smallest absolute Gasteiger partial charge is 0.174 e. The molecule has 0 saturated heterocycles. The number of ether oxygens (including phenoxy) is 2. The van der Waals surface area contributed by atoms with E-state index in [0.717, 1.165) is 17.8 Å². The number of hydrogen-bond donors (Lipinski definition) is 0. The highest BCUT2D eigenvalue weighted by atomic mass is 32.2. The fraction of sp³-hybridized carbons (Fsp3) is 0.263. The maximum Gasteiger partial charge on any atom is 0.174 e. The largest absolute Gasteiger partial charge is 0.483 e. The summed E-state index contributed by atoms with van der Waals surface area (Å²) in [7, 11) is 0. The molecule has 0 aromatic heterocycles. The fourth-order valence-corrected chi connectivity index (χ4v) is 3.54. The Morgan fingerprint density at radius 1 is 0.875 bits per heavy atom. The lowest BCUT2D eigenvalue weighted by Gasteiger charge is -2.19. The van der Waals surface area contributed by atoms with Crippen molar-refractivity contribution in [2.75, 3.05) is 13.2 Å². The van der Waals surface area contributed by atoms with Crippen LogP contribution in [0.1, 0.15) is 25.0 Å². The van der Waals surface area contributed by atoms with Gasteiger partial charge in [-0.25, -0.2) is 9.98 Å². The van der Waals surface area contributed by atoms with Gasteiger partial charge in [-0.05, 0) is 55.7 Å². The number of benzene rings is 2. The van der Waals surface area contributed by atoms with Crippen LogP contribution in [-0.2, 0) is 15.9 Å². The standard InChI is InChI=1S/C19H20N2O2S/c1-3-22-12-20-16-7-5-14-9-15-6-8-17(21-13-23-4-2)11-19(15)24-18(14)10-16/h5-8,10-13H,3-4,9H2,1-2H3. The first kappa shape index (κ1) is 16.6. The zero-order valence-electron chi connectivity index (χ0n) is 13.9. The van der Waals surface area contributed by atoms with Gasteiger partial charge in [0, 0.05) is 9.79 Å². The minimum atomic E-state index is 0.627. The van der Waals surface area contributed by atoms with Crippen molar-refractivity contribution in [1.29, 1.82) is 0 Å². The number of fused-ring (bicyclic) bond motifs is 2. The Hall–Kier alpha value is -2.27. The summed E-state index contributed by atoms with van der Waals surface area (Å²) in [6, 6.07) is 12.6. The first-order valence-corrected chi connectivity index (χ1v) is 8.83. The Labute approximate surface area is 146 Å². The molecule has 124 valence electrons. The van der Waals surface area contributed by atoms with Crippen LogP contribution >= 0.6 is 11.8 Å². The second kappa shape index (κ2) is 8.02. The first-order valence-electron chi connectivity index (χ1n) is 8.02. The van der Waals surface area contributed by atoms with Crippen molar-refractivity contribution in [3.05, 3.63) is 47.5 Å². The van der Waals surface area contributed by atoms with E-state index in [1.165, 1.54) is 33.7 Å². The van der Waals surface area contributed by atoms with Gasteiger partial charge in [0.15, 0.2) is 12.8 Å². The molecule has 1 aliphatic rings. The van der Waals surface area contributed by atoms with Crippen molar-refractivity contribution in [3.8, 4) is 0 Å². The van der Waals surface area contributed by atoms with Gasteiger partial charge in [0.25, 0.3) is 0 Å². The van der Waals surface area contributed by atoms with E-state index in [0.29, 0.717) is 13.2 Å². The Kier molecular flexibility index (Phi) is 5.54. The maximum absolute atomic E-state index is 5.17. The predicted molar refractivity (Wildman–Crippen MR) is 99.4 cm³/mol. The summed E-state index contributed by atoms with van der Waals surface area (Å²) in [6.07, 6.45) is 3.94. The second-order valence-corrected chi connectivity index (χ2v) is 6.33. The van der Waals surface area contributed by atoms with E-state index in [-0.39, 0.29) is 0 Å². The van der Waals surface area contributed by atoms with E-state index < -0.39 is 0 Å². The van der Waals surface area contributed by atoms with Crippen LogP contribution in [0.4, 0.5) is 11.4 Å². The zero-order valence-corrected chi connectivity index (χ0v) is 14.7. The van der Waals surface area contributed by atoms with Crippen LogP contribution in [0, 0.1) is 0 Å². The molecular formula is C19H20N2O2S. The number of hydrogen-bond acceptors (Lipinski definition) is 5. The highest BCUT2D eigenvalue weighted by Crippen LogP contribution is 2.42. The van der Waals surface area contributed by atoms with Crippen molar-refractivity contribution in [1.82, 2.24) is 0 Å². The molecule has 24 heavy (non-hydrogen) atoms. The molecule has 0 bridgehead atoms. The van der Waals surface area contributed by atoms with Gasteiger partial charge < -0.3 is 9.47 Å². The average Bonchev–Trinajstić information content (AvgIpc) is 2.60. The van der Waals surface area contributed by atoms with Gasteiger partial charge in [-0.2, -0.15) is 0 Å². The Bertz CT molecular complexity index is 708. The third-order valence-corrected chi connectivity index (χ3v) is 4.79. The lowest BCUT2D eigenvalue weighted by Crippen LogP contribution is -1.99. The molecule has 0 saturated carbocycles. The SMILES string of the molecule is CCOC=Nc1ccc2c(c1)Sc1cc(N=COCC)ccc1C2. The van der Waals surface area contributed by atoms with Crippen LogP contribution < -0.4 is 0 Å². The molecule has 0 amide bonds. The van der Waals surface area contributed by atoms with Crippen LogP contribution in [0.3, 0.4) is 0 Å². The Balaban J connectivity index is 1.81. The van der Waals surface area contributed by atoms with E-state index in [2.05, 4.69) is 34.3 Å². The zero-order chi connectivity index (χ0) is 16.8. The molecule has 0 aliphatic carbocycles. The lowest BCUT2D eigenvalue weighted by molar-refractivity contribution is 0.343. The van der Waals surface area contributed by atoms with E-state index in [1.807, 2.05) is 26.0 Å². The normalized spacial score (nSPS) is 13.1. The van der Waals surface area contributed by atoms with E-state index in [9.17, 15) is 0 Å². The summed E-state index contributed by atoms with van der Waals surface area (Å²) in [5.74, 6) is 0. The third kappa shape index (κ3) is 3.97. The molecule has 2 aromatic carbocycles. The molecule has 5 heteroatoms. The van der Waals surface area contributed by atoms with Gasteiger partial charge in [0.05, 0.1) is 24.6 Å². The van der Waals surface area contributed by atoms with E-state index >= 15 is 0 Å². The van der Waals surface area contributed by atoms with Gasteiger partial charge in [0.1, 0.15) is 0 Å². The summed E-state index contributed by atoms with van der Waals surface area (Å²) in [6.45, 7) is 5.14. The van der Waals surface area contributed by atoms with Crippen molar-refractivity contribution in [2.45, 2.75) is 30.1 Å². The number of nitrogens with zero attached hydrogens (tertiary/aromatic N) is 2. The fourth-order valence-electron chi connectivity index (χ4n) is 2.40. The minimum Gasteiger partial charge on any atom is -0.483 e. The predicted octanol–water partition coefficient (Wildman–Crippen LogP) is 5.13. The molecule has 0 spiro atoms. The first-order chi connectivity index (χ1) is 11.8. The van der Waals surface area contributed by atoms with Crippen molar-refractivity contribution < 1.29 is 9.47 Å². The van der Waals surface area contributed by atoms with Crippen LogP contribution in [0.25, 0.3) is 0 Å². The summed E-state index contributed by atoms with van der Waals surface area (Å²) < 4.78 is 10.3. The van der Waals surface area contributed by atoms with Crippen LogP contribution in [0.15, 0.2) is 56.2 Å². The molecule has 0 N–H and O–H groups in total. The minimum absolute atomic E-state index is 0.627. The van der Waals surface area contributed by atoms with Gasteiger partial charge >= 0.3 is 0 Å². The van der Waals surface area contributed by atoms with Crippen molar-refractivity contribution in [2.24, 2.45) is 9.98 Å². The third-order valence-electron chi connectivity index (χ3n) is 3.59. The highest BCUT2D eigenvalue weighted by Gasteiger charge is 2.16. The molecule has 3 rings (SSSR count).